The van der Waals surface area contributed by atoms with Crippen LogP contribution in [0.3, 0.4) is 0 Å². The Hall–Kier alpha value is -2.62. The molecular weight excluding hydrogens is 477 g/mol. The summed E-state index contributed by atoms with van der Waals surface area (Å²) in [5.41, 5.74) is -1.72. The van der Waals surface area contributed by atoms with E-state index in [-0.39, 0.29) is 29.6 Å². The number of halogens is 7. The van der Waals surface area contributed by atoms with Crippen molar-refractivity contribution < 1.29 is 35.5 Å². The Bertz CT molecular complexity index is 1030. The third-order valence-corrected chi connectivity index (χ3v) is 6.28. The SMILES string of the molecule is Cc1cc(F)ccc1[C@@H]1CNCC[C@H]1N(C(=O)Cc1cc(C(F)(F)F)cc(C(F)(F)F)c1)C(C)C. The van der Waals surface area contributed by atoms with Crippen LogP contribution in [0.2, 0.25) is 0 Å². The van der Waals surface area contributed by atoms with Crippen molar-refractivity contribution in [3.05, 3.63) is 70.0 Å². The highest BCUT2D eigenvalue weighted by atomic mass is 19.4. The Morgan fingerprint density at radius 1 is 1.03 bits per heavy atom. The summed E-state index contributed by atoms with van der Waals surface area (Å²) in [6, 6.07) is 4.89. The van der Waals surface area contributed by atoms with Gasteiger partial charge in [-0.3, -0.25) is 4.79 Å². The number of piperidine rings is 1. The molecule has 10 heteroatoms. The molecule has 0 aromatic heterocycles. The van der Waals surface area contributed by atoms with Crippen LogP contribution in [-0.4, -0.2) is 36.0 Å². The molecule has 0 radical (unpaired) electrons. The summed E-state index contributed by atoms with van der Waals surface area (Å²) in [5, 5.41) is 3.25. The maximum Gasteiger partial charge on any atom is 0.416 e. The van der Waals surface area contributed by atoms with Crippen molar-refractivity contribution in [2.75, 3.05) is 13.1 Å². The first kappa shape index (κ1) is 27.0. The molecule has 1 aliphatic heterocycles. The van der Waals surface area contributed by atoms with Gasteiger partial charge in [0.2, 0.25) is 5.91 Å². The van der Waals surface area contributed by atoms with Crippen molar-refractivity contribution >= 4 is 5.91 Å². The Kier molecular flexibility index (Phi) is 7.83. The first-order valence-corrected chi connectivity index (χ1v) is 11.2. The van der Waals surface area contributed by atoms with Crippen LogP contribution in [0.5, 0.6) is 0 Å². The second-order valence-electron chi connectivity index (χ2n) is 9.15. The van der Waals surface area contributed by atoms with E-state index in [4.69, 9.17) is 0 Å². The molecule has 0 unspecified atom stereocenters. The van der Waals surface area contributed by atoms with E-state index < -0.39 is 41.6 Å². The van der Waals surface area contributed by atoms with Gasteiger partial charge in [-0.15, -0.1) is 0 Å². The van der Waals surface area contributed by atoms with Crippen LogP contribution < -0.4 is 5.32 Å². The molecule has 1 heterocycles. The maximum atomic E-state index is 13.7. The van der Waals surface area contributed by atoms with E-state index in [0.29, 0.717) is 37.2 Å². The number of nitrogens with zero attached hydrogens (tertiary/aromatic N) is 1. The van der Waals surface area contributed by atoms with Gasteiger partial charge in [-0.1, -0.05) is 6.07 Å². The summed E-state index contributed by atoms with van der Waals surface area (Å²) in [5.74, 6) is -1.18. The molecule has 0 aliphatic carbocycles. The van der Waals surface area contributed by atoms with Crippen molar-refractivity contribution in [2.24, 2.45) is 0 Å². The maximum absolute atomic E-state index is 13.7. The molecule has 2 aromatic rings. The van der Waals surface area contributed by atoms with Crippen LogP contribution in [0.25, 0.3) is 0 Å². The predicted molar refractivity (Wildman–Crippen MR) is 117 cm³/mol. The zero-order chi connectivity index (χ0) is 26.1. The average Bonchev–Trinajstić information content (AvgIpc) is 2.73. The highest BCUT2D eigenvalue weighted by Crippen LogP contribution is 2.37. The normalized spacial score (nSPS) is 19.2. The second-order valence-corrected chi connectivity index (χ2v) is 9.15. The molecule has 0 spiro atoms. The smallest absolute Gasteiger partial charge is 0.336 e. The number of carbonyl (C=O) groups is 1. The highest BCUT2D eigenvalue weighted by molar-refractivity contribution is 5.79. The first-order valence-electron chi connectivity index (χ1n) is 11.2. The van der Waals surface area contributed by atoms with Crippen LogP contribution in [-0.2, 0) is 23.6 Å². The van der Waals surface area contributed by atoms with Gasteiger partial charge in [0.1, 0.15) is 5.82 Å². The standard InChI is InChI=1S/C25H27F7N2O/c1-14(2)34(22-6-7-33-13-21(22)20-5-4-19(26)8-15(20)3)23(35)11-16-9-17(24(27,28)29)12-18(10-16)25(30,31)32/h4-5,8-10,12,14,21-22,33H,6-7,11,13H2,1-3H3/t21-,22+/m0/s1. The topological polar surface area (TPSA) is 32.3 Å². The number of hydrogen-bond donors (Lipinski definition) is 1. The fourth-order valence-electron chi connectivity index (χ4n) is 4.79. The van der Waals surface area contributed by atoms with Gasteiger partial charge in [-0.05, 0) is 80.8 Å². The number of carbonyl (C=O) groups excluding carboxylic acids is 1. The first-order chi connectivity index (χ1) is 16.2. The molecule has 2 atom stereocenters. The minimum Gasteiger partial charge on any atom is -0.336 e. The number of alkyl halides is 6. The van der Waals surface area contributed by atoms with E-state index in [9.17, 15) is 35.5 Å². The Morgan fingerprint density at radius 3 is 2.14 bits per heavy atom. The Morgan fingerprint density at radius 2 is 1.63 bits per heavy atom. The lowest BCUT2D eigenvalue weighted by molar-refractivity contribution is -0.143. The van der Waals surface area contributed by atoms with Gasteiger partial charge in [-0.2, -0.15) is 26.3 Å². The summed E-state index contributed by atoms with van der Waals surface area (Å²) in [4.78, 5) is 14.9. The Labute approximate surface area is 199 Å². The number of nitrogens with one attached hydrogen (secondary N) is 1. The predicted octanol–water partition coefficient (Wildman–Crippen LogP) is 6.10. The average molecular weight is 504 g/mol. The lowest BCUT2D eigenvalue weighted by Crippen LogP contribution is -2.53. The quantitative estimate of drug-likeness (QED) is 0.500. The largest absolute Gasteiger partial charge is 0.416 e. The van der Waals surface area contributed by atoms with Gasteiger partial charge in [0.15, 0.2) is 0 Å². The van der Waals surface area contributed by atoms with Gasteiger partial charge < -0.3 is 10.2 Å². The molecular formula is C25H27F7N2O. The molecule has 2 aromatic carbocycles. The van der Waals surface area contributed by atoms with Crippen LogP contribution in [0.4, 0.5) is 30.7 Å². The molecule has 35 heavy (non-hydrogen) atoms. The molecule has 1 N–H and O–H groups in total. The minimum atomic E-state index is -4.99. The summed E-state index contributed by atoms with van der Waals surface area (Å²) >= 11 is 0. The van der Waals surface area contributed by atoms with Crippen LogP contribution in [0.1, 0.15) is 54.0 Å². The number of benzene rings is 2. The molecule has 1 fully saturated rings. The molecule has 0 saturated carbocycles. The van der Waals surface area contributed by atoms with Crippen molar-refractivity contribution in [1.82, 2.24) is 10.2 Å². The van der Waals surface area contributed by atoms with Crippen molar-refractivity contribution in [3.63, 3.8) is 0 Å². The van der Waals surface area contributed by atoms with E-state index in [2.05, 4.69) is 5.32 Å². The van der Waals surface area contributed by atoms with Gasteiger partial charge in [0.05, 0.1) is 17.5 Å². The molecule has 1 aliphatic rings. The van der Waals surface area contributed by atoms with Gasteiger partial charge >= 0.3 is 12.4 Å². The minimum absolute atomic E-state index is 0.0499. The summed E-state index contributed by atoms with van der Waals surface area (Å²) in [6.45, 7) is 6.34. The molecule has 1 amide bonds. The molecule has 192 valence electrons. The lowest BCUT2D eigenvalue weighted by Gasteiger charge is -2.43. The zero-order valence-corrected chi connectivity index (χ0v) is 19.5. The monoisotopic (exact) mass is 504 g/mol. The van der Waals surface area contributed by atoms with E-state index in [0.717, 1.165) is 5.56 Å². The highest BCUT2D eigenvalue weighted by Gasteiger charge is 2.39. The van der Waals surface area contributed by atoms with Crippen LogP contribution >= 0.6 is 0 Å². The molecule has 0 bridgehead atoms. The van der Waals surface area contributed by atoms with Gasteiger partial charge in [-0.25, -0.2) is 4.39 Å². The van der Waals surface area contributed by atoms with Crippen LogP contribution in [0, 0.1) is 12.7 Å². The molecule has 1 saturated heterocycles. The Balaban J connectivity index is 1.96. The number of aryl methyl sites for hydroxylation is 1. The summed E-state index contributed by atoms with van der Waals surface area (Å²) < 4.78 is 93.2. The van der Waals surface area contributed by atoms with Crippen molar-refractivity contribution in [2.45, 2.75) is 64.0 Å². The van der Waals surface area contributed by atoms with Crippen LogP contribution in [0.15, 0.2) is 36.4 Å². The summed E-state index contributed by atoms with van der Waals surface area (Å²) in [7, 11) is 0. The van der Waals surface area contributed by atoms with E-state index in [1.165, 1.54) is 12.1 Å². The number of amides is 1. The fraction of sp³-hybridized carbons (Fsp3) is 0.480. The number of hydrogen-bond acceptors (Lipinski definition) is 2. The van der Waals surface area contributed by atoms with Gasteiger partial charge in [0.25, 0.3) is 0 Å². The lowest BCUT2D eigenvalue weighted by atomic mass is 9.83. The number of rotatable bonds is 5. The van der Waals surface area contributed by atoms with Crippen molar-refractivity contribution in [3.8, 4) is 0 Å². The third kappa shape index (κ3) is 6.34. The zero-order valence-electron chi connectivity index (χ0n) is 19.5. The summed E-state index contributed by atoms with van der Waals surface area (Å²) in [6.07, 6.45) is -10.1. The molecule has 3 nitrogen and oxygen atoms in total. The van der Waals surface area contributed by atoms with E-state index in [1.54, 1.807) is 31.7 Å². The second kappa shape index (κ2) is 10.2. The van der Waals surface area contributed by atoms with E-state index in [1.807, 2.05) is 0 Å². The molecule has 3 rings (SSSR count). The van der Waals surface area contributed by atoms with E-state index >= 15 is 0 Å². The third-order valence-electron chi connectivity index (χ3n) is 6.28. The fourth-order valence-corrected chi connectivity index (χ4v) is 4.79. The van der Waals surface area contributed by atoms with Crippen molar-refractivity contribution in [1.29, 1.82) is 0 Å². The van der Waals surface area contributed by atoms with Gasteiger partial charge in [0, 0.05) is 24.5 Å².